The van der Waals surface area contributed by atoms with E-state index < -0.39 is 12.4 Å². The Bertz CT molecular complexity index is 724. The molecule has 2 aromatic rings. The first-order chi connectivity index (χ1) is 10.9. The standard InChI is InChI=1S/C15H18F2N4O2/c1-20-8-11-10(14(16)17)7-12(18-15(11)19-20)21-4-2-9(3-5-21)6-13(22)23/h7-9,14H,2-6H2,1H3,(H,22,23). The summed E-state index contributed by atoms with van der Waals surface area (Å²) >= 11 is 0. The zero-order chi connectivity index (χ0) is 16.6. The molecule has 0 aliphatic carbocycles. The molecule has 1 fully saturated rings. The second kappa shape index (κ2) is 6.10. The SMILES string of the molecule is Cn1cc2c(C(F)F)cc(N3CCC(CC(=O)O)CC3)nc2n1. The summed E-state index contributed by atoms with van der Waals surface area (Å²) in [4.78, 5) is 17.1. The van der Waals surface area contributed by atoms with Crippen molar-refractivity contribution in [3.05, 3.63) is 17.8 Å². The van der Waals surface area contributed by atoms with Gasteiger partial charge in [-0.3, -0.25) is 9.48 Å². The number of carbonyl (C=O) groups is 1. The van der Waals surface area contributed by atoms with Crippen LogP contribution in [-0.2, 0) is 11.8 Å². The monoisotopic (exact) mass is 324 g/mol. The van der Waals surface area contributed by atoms with Gasteiger partial charge in [-0.1, -0.05) is 0 Å². The molecule has 1 saturated heterocycles. The summed E-state index contributed by atoms with van der Waals surface area (Å²) < 4.78 is 28.1. The minimum absolute atomic E-state index is 0.0641. The number of carboxylic acids is 1. The number of piperidine rings is 1. The second-order valence-corrected chi connectivity index (χ2v) is 5.94. The highest BCUT2D eigenvalue weighted by Gasteiger charge is 2.24. The van der Waals surface area contributed by atoms with Crippen molar-refractivity contribution in [3.8, 4) is 0 Å². The first-order valence-electron chi connectivity index (χ1n) is 7.53. The van der Waals surface area contributed by atoms with Gasteiger partial charge in [-0.2, -0.15) is 5.10 Å². The highest BCUT2D eigenvalue weighted by atomic mass is 19.3. The van der Waals surface area contributed by atoms with Crippen molar-refractivity contribution in [3.63, 3.8) is 0 Å². The molecule has 3 heterocycles. The van der Waals surface area contributed by atoms with E-state index in [-0.39, 0.29) is 17.9 Å². The van der Waals surface area contributed by atoms with Crippen LogP contribution in [0.3, 0.4) is 0 Å². The number of hydrogen-bond donors (Lipinski definition) is 1. The first-order valence-corrected chi connectivity index (χ1v) is 7.53. The zero-order valence-corrected chi connectivity index (χ0v) is 12.7. The lowest BCUT2D eigenvalue weighted by molar-refractivity contribution is -0.138. The number of aryl methyl sites for hydroxylation is 1. The van der Waals surface area contributed by atoms with Crippen molar-refractivity contribution >= 4 is 22.8 Å². The number of aliphatic carboxylic acids is 1. The van der Waals surface area contributed by atoms with Gasteiger partial charge in [0.15, 0.2) is 5.65 Å². The lowest BCUT2D eigenvalue weighted by Gasteiger charge is -2.32. The lowest BCUT2D eigenvalue weighted by Crippen LogP contribution is -2.35. The summed E-state index contributed by atoms with van der Waals surface area (Å²) in [5, 5.41) is 13.3. The summed E-state index contributed by atoms with van der Waals surface area (Å²) in [5.41, 5.74) is 0.249. The molecule has 0 spiro atoms. The van der Waals surface area contributed by atoms with Gasteiger partial charge >= 0.3 is 5.97 Å². The van der Waals surface area contributed by atoms with Crippen LogP contribution in [0.4, 0.5) is 14.6 Å². The van der Waals surface area contributed by atoms with E-state index in [1.807, 2.05) is 4.90 Å². The number of halogens is 2. The summed E-state index contributed by atoms with van der Waals surface area (Å²) in [6.45, 7) is 1.23. The molecule has 124 valence electrons. The largest absolute Gasteiger partial charge is 0.481 e. The average Bonchev–Trinajstić information content (AvgIpc) is 2.86. The smallest absolute Gasteiger partial charge is 0.303 e. The Labute approximate surface area is 131 Å². The number of aromatic nitrogens is 3. The molecule has 0 saturated carbocycles. The van der Waals surface area contributed by atoms with Crippen molar-refractivity contribution in [2.24, 2.45) is 13.0 Å². The van der Waals surface area contributed by atoms with Crippen LogP contribution in [0.2, 0.25) is 0 Å². The van der Waals surface area contributed by atoms with Gasteiger partial charge in [-0.25, -0.2) is 13.8 Å². The fourth-order valence-corrected chi connectivity index (χ4v) is 3.08. The highest BCUT2D eigenvalue weighted by Crippen LogP contribution is 2.31. The fraction of sp³-hybridized carbons (Fsp3) is 0.533. The third-order valence-corrected chi connectivity index (χ3v) is 4.26. The number of rotatable bonds is 4. The second-order valence-electron chi connectivity index (χ2n) is 5.94. The number of fused-ring (bicyclic) bond motifs is 1. The number of carboxylic acid groups (broad SMARTS) is 1. The summed E-state index contributed by atoms with van der Waals surface area (Å²) in [6.07, 6.45) is 0.555. The quantitative estimate of drug-likeness (QED) is 0.936. The van der Waals surface area contributed by atoms with Crippen LogP contribution in [0.1, 0.15) is 31.3 Å². The molecule has 2 aromatic heterocycles. The van der Waals surface area contributed by atoms with Gasteiger partial charge in [0, 0.05) is 43.7 Å². The number of alkyl halides is 2. The molecule has 1 aliphatic heterocycles. The van der Waals surface area contributed by atoms with Crippen molar-refractivity contribution < 1.29 is 18.7 Å². The molecule has 3 rings (SSSR count). The molecule has 0 atom stereocenters. The van der Waals surface area contributed by atoms with Crippen LogP contribution in [0.15, 0.2) is 12.3 Å². The van der Waals surface area contributed by atoms with Crippen molar-refractivity contribution in [2.75, 3.05) is 18.0 Å². The van der Waals surface area contributed by atoms with E-state index in [0.29, 0.717) is 29.9 Å². The Morgan fingerprint density at radius 1 is 1.43 bits per heavy atom. The molecule has 0 unspecified atom stereocenters. The number of pyridine rings is 1. The lowest BCUT2D eigenvalue weighted by atomic mass is 9.93. The third-order valence-electron chi connectivity index (χ3n) is 4.26. The van der Waals surface area contributed by atoms with E-state index in [2.05, 4.69) is 10.1 Å². The maximum absolute atomic E-state index is 13.3. The summed E-state index contributed by atoms with van der Waals surface area (Å²) in [6, 6.07) is 1.42. The van der Waals surface area contributed by atoms with E-state index >= 15 is 0 Å². The van der Waals surface area contributed by atoms with Crippen LogP contribution in [0.5, 0.6) is 0 Å². The Hall–Kier alpha value is -2.25. The predicted molar refractivity (Wildman–Crippen MR) is 80.7 cm³/mol. The van der Waals surface area contributed by atoms with E-state index in [1.165, 1.54) is 10.7 Å². The Kier molecular flexibility index (Phi) is 4.14. The molecular weight excluding hydrogens is 306 g/mol. The molecule has 23 heavy (non-hydrogen) atoms. The van der Waals surface area contributed by atoms with Crippen LogP contribution in [0.25, 0.3) is 11.0 Å². The minimum atomic E-state index is -2.59. The molecular formula is C15H18F2N4O2. The Morgan fingerprint density at radius 2 is 2.13 bits per heavy atom. The summed E-state index contributed by atoms with van der Waals surface area (Å²) in [7, 11) is 1.67. The summed E-state index contributed by atoms with van der Waals surface area (Å²) in [5.74, 6) is -0.173. The Balaban J connectivity index is 1.84. The maximum atomic E-state index is 13.3. The molecule has 8 heteroatoms. The average molecular weight is 324 g/mol. The van der Waals surface area contributed by atoms with Gasteiger partial charge in [0.1, 0.15) is 5.82 Å². The van der Waals surface area contributed by atoms with Gasteiger partial charge < -0.3 is 10.0 Å². The van der Waals surface area contributed by atoms with Gasteiger partial charge in [0.2, 0.25) is 0 Å². The van der Waals surface area contributed by atoms with Crippen molar-refractivity contribution in [1.29, 1.82) is 0 Å². The van der Waals surface area contributed by atoms with E-state index in [4.69, 9.17) is 5.11 Å². The molecule has 0 amide bonds. The fourth-order valence-electron chi connectivity index (χ4n) is 3.08. The molecule has 1 aliphatic rings. The van der Waals surface area contributed by atoms with Crippen LogP contribution >= 0.6 is 0 Å². The van der Waals surface area contributed by atoms with Gasteiger partial charge in [-0.15, -0.1) is 0 Å². The third kappa shape index (κ3) is 3.25. The van der Waals surface area contributed by atoms with E-state index in [9.17, 15) is 13.6 Å². The molecule has 0 bridgehead atoms. The topological polar surface area (TPSA) is 71.2 Å². The normalized spacial score (nSPS) is 16.4. The number of anilines is 1. The molecule has 1 N–H and O–H groups in total. The first kappa shape index (κ1) is 15.6. The predicted octanol–water partition coefficient (Wildman–Crippen LogP) is 2.60. The van der Waals surface area contributed by atoms with Crippen molar-refractivity contribution in [1.82, 2.24) is 14.8 Å². The van der Waals surface area contributed by atoms with E-state index in [1.54, 1.807) is 13.2 Å². The van der Waals surface area contributed by atoms with Crippen LogP contribution in [0, 0.1) is 5.92 Å². The van der Waals surface area contributed by atoms with Gasteiger partial charge in [0.25, 0.3) is 6.43 Å². The van der Waals surface area contributed by atoms with E-state index in [0.717, 1.165) is 12.8 Å². The Morgan fingerprint density at radius 3 is 2.74 bits per heavy atom. The maximum Gasteiger partial charge on any atom is 0.303 e. The zero-order valence-electron chi connectivity index (χ0n) is 12.7. The minimum Gasteiger partial charge on any atom is -0.481 e. The number of nitrogens with zero attached hydrogens (tertiary/aromatic N) is 4. The van der Waals surface area contributed by atoms with Gasteiger partial charge in [-0.05, 0) is 24.8 Å². The van der Waals surface area contributed by atoms with Crippen LogP contribution in [-0.4, -0.2) is 38.9 Å². The van der Waals surface area contributed by atoms with Crippen LogP contribution < -0.4 is 4.90 Å². The molecule has 0 radical (unpaired) electrons. The van der Waals surface area contributed by atoms with Crippen molar-refractivity contribution in [2.45, 2.75) is 25.7 Å². The highest BCUT2D eigenvalue weighted by molar-refractivity contribution is 5.81. The van der Waals surface area contributed by atoms with Gasteiger partial charge in [0.05, 0.1) is 0 Å². The number of hydrogen-bond acceptors (Lipinski definition) is 4. The molecule has 0 aromatic carbocycles. The molecule has 6 nitrogen and oxygen atoms in total.